The Morgan fingerprint density at radius 1 is 0.862 bits per heavy atom. The van der Waals surface area contributed by atoms with Crippen molar-refractivity contribution in [2.75, 3.05) is 0 Å². The van der Waals surface area contributed by atoms with E-state index in [1.54, 1.807) is 0 Å². The van der Waals surface area contributed by atoms with Crippen molar-refractivity contribution < 1.29 is 4.42 Å². The Kier molecular flexibility index (Phi) is 3.39. The van der Waals surface area contributed by atoms with Gasteiger partial charge in [0.1, 0.15) is 24.8 Å². The average Bonchev–Trinajstić information content (AvgIpc) is 3.29. The zero-order valence-electron chi connectivity index (χ0n) is 16.0. The summed E-state index contributed by atoms with van der Waals surface area (Å²) in [5.41, 5.74) is 5.82. The molecule has 3 aromatic carbocycles. The maximum Gasteiger partial charge on any atom is 0.145 e. The number of aryl methyl sites for hydroxylation is 1. The zero-order chi connectivity index (χ0) is 19.5. The van der Waals surface area contributed by atoms with Crippen molar-refractivity contribution >= 4 is 57.2 Å². The van der Waals surface area contributed by atoms with Gasteiger partial charge in [-0.25, -0.2) is 4.98 Å². The Hall–Kier alpha value is -3.53. The van der Waals surface area contributed by atoms with Crippen LogP contribution in [0, 0.1) is 0 Å². The Bertz CT molecular complexity index is 1560. The number of hydrogen-bond acceptors (Lipinski definition) is 2. The van der Waals surface area contributed by atoms with Crippen LogP contribution in [0.2, 0.25) is 0 Å². The van der Waals surface area contributed by atoms with Gasteiger partial charge in [-0.1, -0.05) is 55.5 Å². The summed E-state index contributed by atoms with van der Waals surface area (Å²) in [6.45, 7) is 2.19. The smallest absolute Gasteiger partial charge is 0.145 e. The van der Waals surface area contributed by atoms with Crippen molar-refractivity contribution in [2.24, 2.45) is 0 Å². The molecule has 0 N–H and O–H groups in total. The molecule has 0 fully saturated rings. The van der Waals surface area contributed by atoms with Gasteiger partial charge in [0.2, 0.25) is 0 Å². The third-order valence-electron chi connectivity index (χ3n) is 5.73. The van der Waals surface area contributed by atoms with Gasteiger partial charge in [0, 0.05) is 16.2 Å². The number of pyridine rings is 1. The maximum atomic E-state index is 6.43. The highest BCUT2D eigenvalue weighted by Gasteiger charge is 2.21. The van der Waals surface area contributed by atoms with Crippen LogP contribution >= 0.6 is 0 Å². The van der Waals surface area contributed by atoms with Crippen LogP contribution < -0.4 is 5.59 Å². The molecule has 0 spiro atoms. The van der Waals surface area contributed by atoms with Crippen LogP contribution in [0.25, 0.3) is 49.6 Å². The predicted molar refractivity (Wildman–Crippen MR) is 121 cm³/mol. The van der Waals surface area contributed by atoms with Gasteiger partial charge in [0.05, 0.1) is 16.4 Å². The molecule has 2 radical (unpaired) electrons. The molecular formula is C25H17BN2O. The molecule has 0 bridgehead atoms. The van der Waals surface area contributed by atoms with E-state index >= 15 is 0 Å². The molecule has 0 atom stereocenters. The number of hydrogen-bond donors (Lipinski definition) is 0. The fourth-order valence-electron chi connectivity index (χ4n) is 4.50. The molecule has 0 aliphatic rings. The van der Waals surface area contributed by atoms with Crippen molar-refractivity contribution in [1.29, 1.82) is 0 Å². The van der Waals surface area contributed by atoms with Crippen molar-refractivity contribution in [3.8, 4) is 5.82 Å². The molecule has 29 heavy (non-hydrogen) atoms. The second kappa shape index (κ2) is 5.98. The lowest BCUT2D eigenvalue weighted by Crippen LogP contribution is -2.11. The summed E-state index contributed by atoms with van der Waals surface area (Å²) in [5.74, 6) is 0.814. The van der Waals surface area contributed by atoms with Gasteiger partial charge >= 0.3 is 0 Å². The van der Waals surface area contributed by atoms with E-state index < -0.39 is 0 Å². The molecule has 0 aliphatic carbocycles. The van der Waals surface area contributed by atoms with Crippen molar-refractivity contribution in [1.82, 2.24) is 9.55 Å². The van der Waals surface area contributed by atoms with Crippen molar-refractivity contribution in [3.63, 3.8) is 0 Å². The lowest BCUT2D eigenvalue weighted by molar-refractivity contribution is 0.672. The largest absolute Gasteiger partial charge is 0.455 e. The van der Waals surface area contributed by atoms with Crippen LogP contribution in [0.4, 0.5) is 0 Å². The second-order valence-corrected chi connectivity index (χ2v) is 7.36. The SMILES string of the molecule is [B]c1cccc(-n2c3ccccc3c3c4oc5ccccc5c4c(CC)cc32)n1. The quantitative estimate of drug-likeness (QED) is 0.379. The molecule has 0 saturated carbocycles. The molecule has 0 unspecified atom stereocenters. The second-order valence-electron chi connectivity index (χ2n) is 7.36. The number of nitrogens with zero attached hydrogens (tertiary/aromatic N) is 2. The average molecular weight is 372 g/mol. The van der Waals surface area contributed by atoms with E-state index in [0.29, 0.717) is 5.59 Å². The molecule has 0 saturated heterocycles. The zero-order valence-corrected chi connectivity index (χ0v) is 16.0. The first-order chi connectivity index (χ1) is 14.3. The molecular weight excluding hydrogens is 355 g/mol. The van der Waals surface area contributed by atoms with Crippen LogP contribution in [-0.4, -0.2) is 17.4 Å². The predicted octanol–water partition coefficient (Wildman–Crippen LogP) is 5.43. The summed E-state index contributed by atoms with van der Waals surface area (Å²) in [6, 6.07) is 24.7. The van der Waals surface area contributed by atoms with E-state index in [0.717, 1.165) is 45.2 Å². The Morgan fingerprint density at radius 2 is 1.66 bits per heavy atom. The van der Waals surface area contributed by atoms with Crippen LogP contribution in [-0.2, 0) is 6.42 Å². The van der Waals surface area contributed by atoms with Crippen LogP contribution in [0.1, 0.15) is 12.5 Å². The van der Waals surface area contributed by atoms with Crippen LogP contribution in [0.5, 0.6) is 0 Å². The third kappa shape index (κ3) is 2.23. The highest BCUT2D eigenvalue weighted by Crippen LogP contribution is 2.42. The minimum Gasteiger partial charge on any atom is -0.455 e. The first-order valence-electron chi connectivity index (χ1n) is 9.85. The van der Waals surface area contributed by atoms with E-state index in [-0.39, 0.29) is 0 Å². The van der Waals surface area contributed by atoms with Gasteiger partial charge in [0.25, 0.3) is 0 Å². The number of fused-ring (bicyclic) bond motifs is 7. The summed E-state index contributed by atoms with van der Waals surface area (Å²) < 4.78 is 8.62. The molecule has 0 aliphatic heterocycles. The Labute approximate surface area is 169 Å². The van der Waals surface area contributed by atoms with Crippen LogP contribution in [0.15, 0.2) is 77.2 Å². The number of benzene rings is 3. The van der Waals surface area contributed by atoms with E-state index in [1.165, 1.54) is 16.3 Å². The van der Waals surface area contributed by atoms with Crippen molar-refractivity contribution in [3.05, 3.63) is 78.4 Å². The normalized spacial score (nSPS) is 11.9. The summed E-state index contributed by atoms with van der Waals surface area (Å²) in [7, 11) is 6.01. The number of rotatable bonds is 2. The van der Waals surface area contributed by atoms with Gasteiger partial charge < -0.3 is 4.42 Å². The van der Waals surface area contributed by atoms with E-state index in [9.17, 15) is 0 Å². The fraction of sp³-hybridized carbons (Fsp3) is 0.0800. The first kappa shape index (κ1) is 16.4. The number of furan rings is 1. The molecule has 0 amide bonds. The lowest BCUT2D eigenvalue weighted by atomic mass is 10.0. The van der Waals surface area contributed by atoms with Gasteiger partial charge in [-0.05, 0) is 41.8 Å². The molecule has 6 aromatic rings. The summed E-state index contributed by atoms with van der Waals surface area (Å²) in [4.78, 5) is 4.60. The van der Waals surface area contributed by atoms with Crippen molar-refractivity contribution in [2.45, 2.75) is 13.3 Å². The van der Waals surface area contributed by atoms with E-state index in [1.807, 2.05) is 30.3 Å². The monoisotopic (exact) mass is 372 g/mol. The lowest BCUT2D eigenvalue weighted by Gasteiger charge is -2.09. The molecule has 3 nitrogen and oxygen atoms in total. The Morgan fingerprint density at radius 3 is 2.48 bits per heavy atom. The minimum absolute atomic E-state index is 0.508. The highest BCUT2D eigenvalue weighted by atomic mass is 16.3. The number of aromatic nitrogens is 2. The first-order valence-corrected chi connectivity index (χ1v) is 9.85. The minimum atomic E-state index is 0.508. The van der Waals surface area contributed by atoms with E-state index in [2.05, 4.69) is 58.9 Å². The number of para-hydroxylation sites is 2. The maximum absolute atomic E-state index is 6.43. The van der Waals surface area contributed by atoms with Gasteiger partial charge in [-0.3, -0.25) is 4.57 Å². The van der Waals surface area contributed by atoms with Gasteiger partial charge in [-0.15, -0.1) is 0 Å². The molecule has 3 aromatic heterocycles. The molecule has 6 rings (SSSR count). The van der Waals surface area contributed by atoms with Gasteiger partial charge in [-0.2, -0.15) is 0 Å². The summed E-state index contributed by atoms with van der Waals surface area (Å²) in [5, 5.41) is 4.64. The molecule has 136 valence electrons. The van der Waals surface area contributed by atoms with Crippen LogP contribution in [0.3, 0.4) is 0 Å². The standard InChI is InChI=1S/C25H17BN2O/c1-2-15-14-19-24(25-23(15)17-9-4-6-11-20(17)29-25)16-8-3-5-10-18(16)28(19)22-13-7-12-21(26)27-22/h3-14H,2H2,1H3. The molecule has 4 heteroatoms. The fourth-order valence-corrected chi connectivity index (χ4v) is 4.50. The summed E-state index contributed by atoms with van der Waals surface area (Å²) in [6.07, 6.45) is 0.919. The highest BCUT2D eigenvalue weighted by molar-refractivity contribution is 6.30. The third-order valence-corrected chi connectivity index (χ3v) is 5.73. The molecule has 3 heterocycles. The van der Waals surface area contributed by atoms with E-state index in [4.69, 9.17) is 12.3 Å². The van der Waals surface area contributed by atoms with Gasteiger partial charge in [0.15, 0.2) is 0 Å². The summed E-state index contributed by atoms with van der Waals surface area (Å²) >= 11 is 0. The topological polar surface area (TPSA) is 31.0 Å². The Balaban J connectivity index is 1.90.